The van der Waals surface area contributed by atoms with Crippen LogP contribution in [0.5, 0.6) is 0 Å². The van der Waals surface area contributed by atoms with Crippen molar-refractivity contribution in [3.05, 3.63) is 36.5 Å². The lowest BCUT2D eigenvalue weighted by atomic mass is 10.2. The van der Waals surface area contributed by atoms with E-state index in [-0.39, 0.29) is 11.8 Å². The molecule has 1 unspecified atom stereocenters. The fourth-order valence-electron chi connectivity index (χ4n) is 2.99. The molecule has 7 heteroatoms. The Morgan fingerprint density at radius 1 is 1.36 bits per heavy atom. The number of fused-ring (bicyclic) bond motifs is 3. The van der Waals surface area contributed by atoms with Crippen LogP contribution < -0.4 is 10.2 Å². The number of nitrogens with zero attached hydrogens (tertiary/aromatic N) is 3. The summed E-state index contributed by atoms with van der Waals surface area (Å²) in [6.07, 6.45) is 2.65. The quantitative estimate of drug-likeness (QED) is 0.920. The van der Waals surface area contributed by atoms with Gasteiger partial charge in [-0.1, -0.05) is 23.9 Å². The van der Waals surface area contributed by atoms with Crippen LogP contribution in [-0.4, -0.2) is 26.5 Å². The first kappa shape index (κ1) is 13.4. The zero-order chi connectivity index (χ0) is 15.3. The zero-order valence-corrected chi connectivity index (χ0v) is 12.8. The van der Waals surface area contributed by atoms with E-state index in [9.17, 15) is 9.59 Å². The van der Waals surface area contributed by atoms with E-state index in [0.29, 0.717) is 18.7 Å². The number of carbonyl (C=O) groups is 2. The second-order valence-electron chi connectivity index (χ2n) is 5.41. The summed E-state index contributed by atoms with van der Waals surface area (Å²) in [5, 5.41) is 7.01. The third kappa shape index (κ3) is 1.78. The maximum atomic E-state index is 12.9. The van der Waals surface area contributed by atoms with E-state index in [1.807, 2.05) is 24.3 Å². The largest absolute Gasteiger partial charge is 0.306 e. The molecule has 22 heavy (non-hydrogen) atoms. The predicted molar refractivity (Wildman–Crippen MR) is 83.6 cm³/mol. The molecule has 2 aliphatic heterocycles. The van der Waals surface area contributed by atoms with Crippen molar-refractivity contribution in [2.75, 3.05) is 10.2 Å². The Labute approximate surface area is 131 Å². The molecule has 1 aromatic heterocycles. The summed E-state index contributed by atoms with van der Waals surface area (Å²) in [6, 6.07) is 9.38. The number of nitrogens with one attached hydrogen (secondary N) is 1. The van der Waals surface area contributed by atoms with E-state index in [0.717, 1.165) is 10.6 Å². The first-order valence-electron chi connectivity index (χ1n) is 7.02. The molecule has 2 aromatic rings. The van der Waals surface area contributed by atoms with Crippen LogP contribution >= 0.6 is 11.8 Å². The molecule has 112 valence electrons. The van der Waals surface area contributed by atoms with Crippen LogP contribution in [0.3, 0.4) is 0 Å². The van der Waals surface area contributed by atoms with Gasteiger partial charge in [-0.25, -0.2) is 0 Å². The van der Waals surface area contributed by atoms with E-state index in [1.165, 1.54) is 11.8 Å². The monoisotopic (exact) mass is 314 g/mol. The molecule has 0 saturated carbocycles. The molecule has 2 aliphatic rings. The third-order valence-electron chi connectivity index (χ3n) is 3.98. The minimum Gasteiger partial charge on any atom is -0.306 e. The minimum atomic E-state index is -0.891. The van der Waals surface area contributed by atoms with Gasteiger partial charge in [-0.05, 0) is 18.6 Å². The van der Waals surface area contributed by atoms with Gasteiger partial charge in [0.1, 0.15) is 0 Å². The number of anilines is 2. The van der Waals surface area contributed by atoms with Crippen molar-refractivity contribution >= 4 is 35.1 Å². The average Bonchev–Trinajstić information content (AvgIpc) is 3.14. The van der Waals surface area contributed by atoms with Crippen LogP contribution in [0, 0.1) is 0 Å². The van der Waals surface area contributed by atoms with E-state index in [1.54, 1.807) is 28.9 Å². The topological polar surface area (TPSA) is 67.2 Å². The van der Waals surface area contributed by atoms with Crippen LogP contribution in [0.25, 0.3) is 0 Å². The van der Waals surface area contributed by atoms with Crippen LogP contribution in [-0.2, 0) is 16.6 Å². The summed E-state index contributed by atoms with van der Waals surface area (Å²) < 4.78 is 1.63. The van der Waals surface area contributed by atoms with Crippen LogP contribution in [0.1, 0.15) is 12.8 Å². The molecule has 1 atom stereocenters. The molecule has 0 spiro atoms. The number of benzene rings is 1. The van der Waals surface area contributed by atoms with Crippen molar-refractivity contribution < 1.29 is 9.59 Å². The highest BCUT2D eigenvalue weighted by atomic mass is 32.2. The van der Waals surface area contributed by atoms with Gasteiger partial charge in [-0.2, -0.15) is 5.10 Å². The molecule has 1 N–H and O–H groups in total. The van der Waals surface area contributed by atoms with Crippen molar-refractivity contribution in [2.45, 2.75) is 22.6 Å². The summed E-state index contributed by atoms with van der Waals surface area (Å²) in [6.45, 7) is 0. The molecular weight excluding hydrogens is 300 g/mol. The molecule has 1 fully saturated rings. The molecule has 0 bridgehead atoms. The summed E-state index contributed by atoms with van der Waals surface area (Å²) in [5.74, 6) is 0.296. The molecule has 2 amide bonds. The number of rotatable bonds is 2. The standard InChI is InChI=1S/C15H14N4O2S/c1-18-9-7-12(17-18)16-14(21)15-8-6-13(20)19(15)10-4-2-3-5-11(10)22-15/h2-5,7,9H,6,8H2,1H3,(H,16,17,21). The Morgan fingerprint density at radius 2 is 2.18 bits per heavy atom. The number of para-hydroxylation sites is 1. The highest BCUT2D eigenvalue weighted by Crippen LogP contribution is 2.55. The highest BCUT2D eigenvalue weighted by Gasteiger charge is 2.57. The lowest BCUT2D eigenvalue weighted by molar-refractivity contribution is -0.121. The molecule has 4 rings (SSSR count). The minimum absolute atomic E-state index is 0.00591. The lowest BCUT2D eigenvalue weighted by Gasteiger charge is -2.29. The first-order chi connectivity index (χ1) is 10.6. The van der Waals surface area contributed by atoms with E-state index >= 15 is 0 Å². The van der Waals surface area contributed by atoms with Gasteiger partial charge in [-0.3, -0.25) is 19.2 Å². The van der Waals surface area contributed by atoms with Crippen molar-refractivity contribution in [2.24, 2.45) is 7.05 Å². The summed E-state index contributed by atoms with van der Waals surface area (Å²) >= 11 is 1.45. The SMILES string of the molecule is Cn1ccc(NC(=O)C23CCC(=O)N2c2ccccc2S3)n1. The van der Waals surface area contributed by atoms with E-state index < -0.39 is 4.87 Å². The fraction of sp³-hybridized carbons (Fsp3) is 0.267. The van der Waals surface area contributed by atoms with Gasteiger partial charge >= 0.3 is 0 Å². The Hall–Kier alpha value is -2.28. The maximum Gasteiger partial charge on any atom is 0.262 e. The van der Waals surface area contributed by atoms with Gasteiger partial charge in [0.2, 0.25) is 5.91 Å². The van der Waals surface area contributed by atoms with Gasteiger partial charge in [0.05, 0.1) is 5.69 Å². The lowest BCUT2D eigenvalue weighted by Crippen LogP contribution is -2.49. The van der Waals surface area contributed by atoms with Crippen molar-refractivity contribution in [3.8, 4) is 0 Å². The second-order valence-corrected chi connectivity index (χ2v) is 6.73. The Bertz CT molecular complexity index is 787. The van der Waals surface area contributed by atoms with Gasteiger partial charge in [0, 0.05) is 30.6 Å². The Kier molecular flexibility index (Phi) is 2.80. The number of aromatic nitrogens is 2. The molecule has 3 heterocycles. The van der Waals surface area contributed by atoms with Crippen LogP contribution in [0.2, 0.25) is 0 Å². The third-order valence-corrected chi connectivity index (χ3v) is 5.46. The van der Waals surface area contributed by atoms with E-state index in [4.69, 9.17) is 0 Å². The number of amides is 2. The number of thioether (sulfide) groups is 1. The van der Waals surface area contributed by atoms with Crippen LogP contribution in [0.4, 0.5) is 11.5 Å². The zero-order valence-electron chi connectivity index (χ0n) is 11.9. The number of hydrogen-bond donors (Lipinski definition) is 1. The predicted octanol–water partition coefficient (Wildman–Crippen LogP) is 1.99. The number of carbonyl (C=O) groups excluding carboxylic acids is 2. The molecular formula is C15H14N4O2S. The summed E-state index contributed by atoms with van der Waals surface area (Å²) in [5.41, 5.74) is 0.825. The highest BCUT2D eigenvalue weighted by molar-refractivity contribution is 8.02. The van der Waals surface area contributed by atoms with Crippen LogP contribution in [0.15, 0.2) is 41.4 Å². The molecule has 1 saturated heterocycles. The maximum absolute atomic E-state index is 12.9. The summed E-state index contributed by atoms with van der Waals surface area (Å²) in [7, 11) is 1.79. The van der Waals surface area contributed by atoms with Gasteiger partial charge in [-0.15, -0.1) is 0 Å². The Balaban J connectivity index is 1.71. The fourth-order valence-corrected chi connectivity index (χ4v) is 4.41. The van der Waals surface area contributed by atoms with Gasteiger partial charge < -0.3 is 5.32 Å². The van der Waals surface area contributed by atoms with Crippen molar-refractivity contribution in [1.82, 2.24) is 9.78 Å². The Morgan fingerprint density at radius 3 is 2.95 bits per heavy atom. The normalized spacial score (nSPS) is 22.6. The van der Waals surface area contributed by atoms with Crippen molar-refractivity contribution in [1.29, 1.82) is 0 Å². The smallest absolute Gasteiger partial charge is 0.262 e. The molecule has 6 nitrogen and oxygen atoms in total. The van der Waals surface area contributed by atoms with Crippen molar-refractivity contribution in [3.63, 3.8) is 0 Å². The molecule has 0 aliphatic carbocycles. The molecule has 0 radical (unpaired) electrons. The van der Waals surface area contributed by atoms with E-state index in [2.05, 4.69) is 10.4 Å². The van der Waals surface area contributed by atoms with Gasteiger partial charge in [0.25, 0.3) is 5.91 Å². The first-order valence-corrected chi connectivity index (χ1v) is 7.84. The second kappa shape index (κ2) is 4.61. The number of hydrogen-bond acceptors (Lipinski definition) is 4. The average molecular weight is 314 g/mol. The molecule has 1 aromatic carbocycles. The number of aryl methyl sites for hydroxylation is 1. The summed E-state index contributed by atoms with van der Waals surface area (Å²) in [4.78, 5) is 26.9. The van der Waals surface area contributed by atoms with Gasteiger partial charge in [0.15, 0.2) is 10.7 Å².